The molecule has 0 N–H and O–H groups in total. The Hall–Kier alpha value is -6.26. The maximum Gasteiger partial charge on any atom is 0.252 e. The molecule has 1 aromatic heterocycles. The fraction of sp³-hybridized carbons (Fsp3) is 0.343. The van der Waals surface area contributed by atoms with Gasteiger partial charge < -0.3 is 14.4 Å². The van der Waals surface area contributed by atoms with Crippen LogP contribution in [0.1, 0.15) is 152 Å². The minimum Gasteiger partial charge on any atom is -0.313 e. The van der Waals surface area contributed by atoms with Crippen LogP contribution >= 0.6 is 0 Å². The molecule has 358 valence electrons. The fourth-order valence-electron chi connectivity index (χ4n) is 13.6. The van der Waals surface area contributed by atoms with Gasteiger partial charge in [-0.3, -0.25) is 0 Å². The lowest BCUT2D eigenvalue weighted by Crippen LogP contribution is -2.60. The van der Waals surface area contributed by atoms with Crippen LogP contribution in [-0.4, -0.2) is 11.3 Å². The third-order valence-electron chi connectivity index (χ3n) is 17.7. The Bertz CT molecular complexity index is 3530. The van der Waals surface area contributed by atoms with Crippen LogP contribution in [0.25, 0.3) is 27.7 Å². The van der Waals surface area contributed by atoms with Gasteiger partial charge in [-0.1, -0.05) is 162 Å². The average molecular weight is 930 g/mol. The Kier molecular flexibility index (Phi) is 9.63. The molecule has 0 fully saturated rings. The smallest absolute Gasteiger partial charge is 0.252 e. The average Bonchev–Trinajstić information content (AvgIpc) is 3.77. The van der Waals surface area contributed by atoms with Gasteiger partial charge in [0.15, 0.2) is 0 Å². The monoisotopic (exact) mass is 930 g/mol. The topological polar surface area (TPSA) is 11.4 Å². The van der Waals surface area contributed by atoms with Gasteiger partial charge in [0.1, 0.15) is 0 Å². The van der Waals surface area contributed by atoms with Gasteiger partial charge in [0, 0.05) is 67.4 Å². The number of aromatic nitrogens is 1. The van der Waals surface area contributed by atoms with Crippen LogP contribution in [0.5, 0.6) is 0 Å². The quantitative estimate of drug-likeness (QED) is 0.163. The number of hydrogen-bond donors (Lipinski definition) is 0. The van der Waals surface area contributed by atoms with Gasteiger partial charge in [-0.15, -0.1) is 0 Å². The third kappa shape index (κ3) is 6.54. The van der Waals surface area contributed by atoms with Crippen LogP contribution in [0.4, 0.5) is 34.1 Å². The van der Waals surface area contributed by atoms with E-state index in [0.29, 0.717) is 0 Å². The summed E-state index contributed by atoms with van der Waals surface area (Å²) in [7, 11) is 0. The Balaban J connectivity index is 1.18. The molecule has 0 bridgehead atoms. The van der Waals surface area contributed by atoms with Gasteiger partial charge >= 0.3 is 0 Å². The molecule has 3 nitrogen and oxygen atoms in total. The highest BCUT2D eigenvalue weighted by Crippen LogP contribution is 2.56. The Labute approximate surface area is 425 Å². The zero-order valence-corrected chi connectivity index (χ0v) is 45.4. The Morgan fingerprint density at radius 3 is 1.75 bits per heavy atom. The van der Waals surface area contributed by atoms with E-state index in [9.17, 15) is 0 Å². The molecule has 8 aromatic rings. The van der Waals surface area contributed by atoms with Crippen molar-refractivity contribution < 1.29 is 0 Å². The summed E-state index contributed by atoms with van der Waals surface area (Å²) in [5.74, 6) is 0. The van der Waals surface area contributed by atoms with Crippen molar-refractivity contribution in [3.05, 3.63) is 177 Å². The number of anilines is 6. The summed E-state index contributed by atoms with van der Waals surface area (Å²) in [5, 5.41) is 1.36. The van der Waals surface area contributed by atoms with Crippen molar-refractivity contribution in [1.82, 2.24) is 4.57 Å². The molecule has 2 aliphatic carbocycles. The predicted molar refractivity (Wildman–Crippen MR) is 306 cm³/mol. The summed E-state index contributed by atoms with van der Waals surface area (Å²) >= 11 is 0. The van der Waals surface area contributed by atoms with Gasteiger partial charge in [0.05, 0.1) is 0 Å². The highest BCUT2D eigenvalue weighted by atomic mass is 15.2. The molecular weight excluding hydrogens is 858 g/mol. The fourth-order valence-corrected chi connectivity index (χ4v) is 13.6. The molecule has 0 saturated heterocycles. The second-order valence-electron chi connectivity index (χ2n) is 26.0. The summed E-state index contributed by atoms with van der Waals surface area (Å²) in [6.07, 6.45) is 2.35. The Morgan fingerprint density at radius 2 is 1.13 bits per heavy atom. The van der Waals surface area contributed by atoms with Crippen LogP contribution in [0.15, 0.2) is 121 Å². The van der Waals surface area contributed by atoms with Crippen molar-refractivity contribution in [3.63, 3.8) is 0 Å². The largest absolute Gasteiger partial charge is 0.313 e. The first-order chi connectivity index (χ1) is 33.4. The second kappa shape index (κ2) is 14.9. The lowest BCUT2D eigenvalue weighted by molar-refractivity contribution is 0.332. The summed E-state index contributed by atoms with van der Waals surface area (Å²) in [6.45, 7) is 38.0. The standard InChI is InChI=1S/C67H72BN3/c1-39-32-57-60-58(33-39)71-61-47(59-46-20-17-18-22-48(46)67(15,16)62(59)71)21-19-23-52(61)68(60)51-27-26-45(37-56(51)70(57)55-38-50-49(36-42(55)4)65(11,12)30-31-66(50,13)14)69(53-28-24-43(34-40(53)2)63(5,6)7)54-29-25-44(35-41(54)3)64(8,9)10/h17-29,32-38H,30-31H2,1-16H3. The van der Waals surface area contributed by atoms with Crippen LogP contribution in [-0.2, 0) is 27.1 Å². The summed E-state index contributed by atoms with van der Waals surface area (Å²) in [5.41, 5.74) is 30.6. The molecule has 4 heteroatoms. The van der Waals surface area contributed by atoms with Gasteiger partial charge in [0.2, 0.25) is 0 Å². The maximum atomic E-state index is 2.71. The zero-order chi connectivity index (χ0) is 50.2. The van der Waals surface area contributed by atoms with E-state index in [1.54, 1.807) is 0 Å². The summed E-state index contributed by atoms with van der Waals surface area (Å²) in [4.78, 5) is 5.26. The van der Waals surface area contributed by atoms with Gasteiger partial charge in [-0.25, -0.2) is 0 Å². The van der Waals surface area contributed by atoms with Crippen LogP contribution in [0.3, 0.4) is 0 Å². The zero-order valence-electron chi connectivity index (χ0n) is 45.4. The Morgan fingerprint density at radius 1 is 0.521 bits per heavy atom. The number of benzene rings is 7. The predicted octanol–water partition coefficient (Wildman–Crippen LogP) is 16.2. The van der Waals surface area contributed by atoms with E-state index in [2.05, 4.69) is 246 Å². The van der Waals surface area contributed by atoms with E-state index < -0.39 is 0 Å². The highest BCUT2D eigenvalue weighted by Gasteiger charge is 2.48. The van der Waals surface area contributed by atoms with E-state index in [-0.39, 0.29) is 33.8 Å². The van der Waals surface area contributed by atoms with E-state index >= 15 is 0 Å². The van der Waals surface area contributed by atoms with Gasteiger partial charge in [-0.2, -0.15) is 0 Å². The molecule has 3 heterocycles. The first-order valence-electron chi connectivity index (χ1n) is 26.4. The van der Waals surface area contributed by atoms with Crippen molar-refractivity contribution in [3.8, 4) is 16.8 Å². The normalized spacial score (nSPS) is 16.6. The van der Waals surface area contributed by atoms with Crippen molar-refractivity contribution in [2.24, 2.45) is 0 Å². The SMILES string of the molecule is Cc1cc2c3c(c1)-n1c4c(c5cccc(c51)B3c1ccc(N(c3ccc(C(C)(C)C)cc3C)c3ccc(C(C)(C)C)cc3C)cc1N2c1cc2c(cc1C)C(C)(C)CCC2(C)C)-c1ccccc1C4(C)C. The van der Waals surface area contributed by atoms with Gasteiger partial charge in [-0.05, 0) is 177 Å². The second-order valence-corrected chi connectivity index (χ2v) is 26.0. The number of hydrogen-bond acceptors (Lipinski definition) is 2. The third-order valence-corrected chi connectivity index (χ3v) is 17.7. The van der Waals surface area contributed by atoms with E-state index in [4.69, 9.17) is 0 Å². The molecule has 0 spiro atoms. The van der Waals surface area contributed by atoms with Crippen molar-refractivity contribution in [2.75, 3.05) is 9.80 Å². The number of para-hydroxylation sites is 1. The minimum atomic E-state index is -0.184. The van der Waals surface area contributed by atoms with Crippen molar-refractivity contribution in [1.29, 1.82) is 0 Å². The summed E-state index contributed by atoms with van der Waals surface area (Å²) in [6, 6.07) is 48.3. The molecular formula is C67H72BN3. The van der Waals surface area contributed by atoms with Gasteiger partial charge in [0.25, 0.3) is 6.71 Å². The minimum absolute atomic E-state index is 0.0350. The summed E-state index contributed by atoms with van der Waals surface area (Å²) < 4.78 is 2.71. The molecule has 0 saturated carbocycles. The molecule has 7 aromatic carbocycles. The number of rotatable bonds is 4. The van der Waals surface area contributed by atoms with Crippen LogP contribution in [0, 0.1) is 27.7 Å². The lowest BCUT2D eigenvalue weighted by atomic mass is 9.33. The van der Waals surface area contributed by atoms with Crippen LogP contribution in [0.2, 0.25) is 0 Å². The lowest BCUT2D eigenvalue weighted by Gasteiger charge is -2.45. The van der Waals surface area contributed by atoms with E-state index in [1.807, 2.05) is 0 Å². The molecule has 12 rings (SSSR count). The highest BCUT2D eigenvalue weighted by molar-refractivity contribution is 7.00. The molecule has 4 aliphatic rings. The number of nitrogens with zero attached hydrogens (tertiary/aromatic N) is 3. The molecule has 0 unspecified atom stereocenters. The van der Waals surface area contributed by atoms with Crippen LogP contribution < -0.4 is 26.2 Å². The molecule has 0 amide bonds. The maximum absolute atomic E-state index is 2.71. The first kappa shape index (κ1) is 45.9. The first-order valence-corrected chi connectivity index (χ1v) is 26.4. The molecule has 0 atom stereocenters. The van der Waals surface area contributed by atoms with E-state index in [1.165, 1.54) is 135 Å². The number of aryl methyl sites for hydroxylation is 4. The molecule has 0 radical (unpaired) electrons. The van der Waals surface area contributed by atoms with Crippen molar-refractivity contribution in [2.45, 2.75) is 151 Å². The number of fused-ring (bicyclic) bond motifs is 10. The molecule has 71 heavy (non-hydrogen) atoms. The van der Waals surface area contributed by atoms with E-state index in [0.717, 1.165) is 12.1 Å². The molecule has 2 aliphatic heterocycles. The van der Waals surface area contributed by atoms with Crippen molar-refractivity contribution >= 4 is 68.1 Å².